The van der Waals surface area contributed by atoms with E-state index in [0.717, 1.165) is 29.9 Å². The molecule has 0 fully saturated rings. The van der Waals surface area contributed by atoms with E-state index >= 15 is 0 Å². The molecule has 0 amide bonds. The van der Waals surface area contributed by atoms with Crippen molar-refractivity contribution in [2.24, 2.45) is 5.92 Å². The summed E-state index contributed by atoms with van der Waals surface area (Å²) in [5.74, 6) is 0.946. The van der Waals surface area contributed by atoms with Gasteiger partial charge in [-0.25, -0.2) is 0 Å². The molecule has 154 valence electrons. The molecular formula is C25H31NO3. The Balaban J connectivity index is 1.70. The van der Waals surface area contributed by atoms with Crippen molar-refractivity contribution in [1.82, 2.24) is 4.90 Å². The minimum Gasteiger partial charge on any atom is -0.458 e. The number of hydrogen-bond acceptors (Lipinski definition) is 4. The number of furan rings is 1. The fraction of sp³-hybridized carbons (Fsp3) is 0.440. The Kier molecular flexibility index (Phi) is 5.77. The van der Waals surface area contributed by atoms with Crippen LogP contribution in [0.15, 0.2) is 59.0 Å². The summed E-state index contributed by atoms with van der Waals surface area (Å²) in [5.41, 5.74) is 2.24. The lowest BCUT2D eigenvalue weighted by atomic mass is 9.75. The van der Waals surface area contributed by atoms with Gasteiger partial charge in [-0.3, -0.25) is 0 Å². The van der Waals surface area contributed by atoms with Crippen LogP contribution in [0.2, 0.25) is 0 Å². The molecule has 0 aliphatic carbocycles. The molecule has 3 atom stereocenters. The maximum atomic E-state index is 11.8. The van der Waals surface area contributed by atoms with E-state index in [1.165, 1.54) is 10.9 Å². The predicted molar refractivity (Wildman–Crippen MR) is 116 cm³/mol. The van der Waals surface area contributed by atoms with Gasteiger partial charge >= 0.3 is 0 Å². The van der Waals surface area contributed by atoms with Crippen LogP contribution < -0.4 is 0 Å². The lowest BCUT2D eigenvalue weighted by Gasteiger charge is -2.39. The van der Waals surface area contributed by atoms with E-state index in [2.05, 4.69) is 38.1 Å². The molecule has 0 saturated carbocycles. The van der Waals surface area contributed by atoms with Crippen molar-refractivity contribution >= 4 is 11.0 Å². The first-order valence-corrected chi connectivity index (χ1v) is 10.6. The standard InChI is InChI=1S/C25H31NO3/c1-4-25(27,18-10-6-5-7-11-18)19(17-26(2)3)16-23-24-21(14-15-28-23)20-12-8-9-13-22(20)29-24/h5-13,19,23,27H,4,14-17H2,1-3H3. The summed E-state index contributed by atoms with van der Waals surface area (Å²) in [4.78, 5) is 2.15. The van der Waals surface area contributed by atoms with Crippen LogP contribution >= 0.6 is 0 Å². The Morgan fingerprint density at radius 3 is 2.55 bits per heavy atom. The van der Waals surface area contributed by atoms with Gasteiger partial charge in [-0.2, -0.15) is 0 Å². The van der Waals surface area contributed by atoms with E-state index in [9.17, 15) is 5.11 Å². The van der Waals surface area contributed by atoms with Crippen molar-refractivity contribution in [3.63, 3.8) is 0 Å². The molecule has 3 unspecified atom stereocenters. The molecular weight excluding hydrogens is 362 g/mol. The summed E-state index contributed by atoms with van der Waals surface area (Å²) in [6.07, 6.45) is 2.09. The molecule has 4 rings (SSSR count). The van der Waals surface area contributed by atoms with Gasteiger partial charge in [-0.1, -0.05) is 55.5 Å². The second kappa shape index (κ2) is 8.31. The Morgan fingerprint density at radius 2 is 1.83 bits per heavy atom. The van der Waals surface area contributed by atoms with E-state index in [1.807, 2.05) is 42.5 Å². The molecule has 0 bridgehead atoms. The van der Waals surface area contributed by atoms with E-state index < -0.39 is 5.60 Å². The molecule has 1 N–H and O–H groups in total. The van der Waals surface area contributed by atoms with Gasteiger partial charge in [-0.15, -0.1) is 0 Å². The zero-order valence-corrected chi connectivity index (χ0v) is 17.6. The number of hydrogen-bond donors (Lipinski definition) is 1. The average Bonchev–Trinajstić information content (AvgIpc) is 3.13. The van der Waals surface area contributed by atoms with E-state index in [0.29, 0.717) is 19.4 Å². The number of para-hydroxylation sites is 1. The van der Waals surface area contributed by atoms with Crippen molar-refractivity contribution < 1.29 is 14.3 Å². The monoisotopic (exact) mass is 393 g/mol. The van der Waals surface area contributed by atoms with Gasteiger partial charge in [-0.05, 0) is 45.0 Å². The van der Waals surface area contributed by atoms with Crippen molar-refractivity contribution in [3.8, 4) is 0 Å². The maximum absolute atomic E-state index is 11.8. The van der Waals surface area contributed by atoms with Crippen LogP contribution in [-0.4, -0.2) is 37.3 Å². The van der Waals surface area contributed by atoms with Gasteiger partial charge in [0.1, 0.15) is 17.4 Å². The maximum Gasteiger partial charge on any atom is 0.137 e. The number of ether oxygens (including phenoxy) is 1. The van der Waals surface area contributed by atoms with Crippen LogP contribution in [-0.2, 0) is 16.8 Å². The Hall–Kier alpha value is -2.14. The SMILES string of the molecule is CCC(O)(c1ccccc1)C(CC1OCCc2c1oc1ccccc21)CN(C)C. The normalized spacial score (nSPS) is 19.8. The Labute approximate surface area is 173 Å². The summed E-state index contributed by atoms with van der Waals surface area (Å²) < 4.78 is 12.4. The molecule has 3 aromatic rings. The van der Waals surface area contributed by atoms with Gasteiger partial charge in [0.2, 0.25) is 0 Å². The highest BCUT2D eigenvalue weighted by molar-refractivity contribution is 5.82. The van der Waals surface area contributed by atoms with Gasteiger partial charge < -0.3 is 19.2 Å². The zero-order valence-electron chi connectivity index (χ0n) is 17.6. The van der Waals surface area contributed by atoms with Crippen molar-refractivity contribution in [2.45, 2.75) is 37.9 Å². The molecule has 4 nitrogen and oxygen atoms in total. The Morgan fingerprint density at radius 1 is 1.10 bits per heavy atom. The van der Waals surface area contributed by atoms with Crippen LogP contribution in [0.4, 0.5) is 0 Å². The number of fused-ring (bicyclic) bond motifs is 3. The smallest absolute Gasteiger partial charge is 0.137 e. The van der Waals surface area contributed by atoms with Crippen LogP contribution in [0.3, 0.4) is 0 Å². The van der Waals surface area contributed by atoms with Crippen LogP contribution in [0.5, 0.6) is 0 Å². The summed E-state index contributed by atoms with van der Waals surface area (Å²) >= 11 is 0. The molecule has 0 radical (unpaired) electrons. The van der Waals surface area contributed by atoms with Crippen LogP contribution in [0, 0.1) is 5.92 Å². The van der Waals surface area contributed by atoms with Crippen molar-refractivity contribution in [2.75, 3.05) is 27.2 Å². The Bertz CT molecular complexity index is 949. The highest BCUT2D eigenvalue weighted by Crippen LogP contribution is 2.43. The van der Waals surface area contributed by atoms with E-state index in [-0.39, 0.29) is 12.0 Å². The molecule has 1 aromatic heterocycles. The summed E-state index contributed by atoms with van der Waals surface area (Å²) in [6.45, 7) is 3.52. The van der Waals surface area contributed by atoms with Gasteiger partial charge in [0, 0.05) is 23.4 Å². The third-order valence-corrected chi connectivity index (χ3v) is 6.27. The summed E-state index contributed by atoms with van der Waals surface area (Å²) in [7, 11) is 4.12. The van der Waals surface area contributed by atoms with Crippen LogP contribution in [0.1, 0.15) is 42.8 Å². The molecule has 1 aliphatic rings. The molecule has 1 aliphatic heterocycles. The third kappa shape index (κ3) is 3.85. The third-order valence-electron chi connectivity index (χ3n) is 6.27. The fourth-order valence-corrected chi connectivity index (χ4v) is 4.76. The van der Waals surface area contributed by atoms with Crippen molar-refractivity contribution in [3.05, 3.63) is 71.5 Å². The van der Waals surface area contributed by atoms with Gasteiger partial charge in [0.15, 0.2) is 0 Å². The predicted octanol–water partition coefficient (Wildman–Crippen LogP) is 4.91. The topological polar surface area (TPSA) is 45.8 Å². The number of benzene rings is 2. The average molecular weight is 394 g/mol. The first-order valence-electron chi connectivity index (χ1n) is 10.6. The molecule has 0 saturated heterocycles. The molecule has 2 heterocycles. The minimum absolute atomic E-state index is 0.00839. The highest BCUT2D eigenvalue weighted by Gasteiger charge is 2.40. The number of aliphatic hydroxyl groups is 1. The first kappa shape index (κ1) is 20.1. The molecule has 29 heavy (non-hydrogen) atoms. The van der Waals surface area contributed by atoms with E-state index in [4.69, 9.17) is 9.15 Å². The summed E-state index contributed by atoms with van der Waals surface area (Å²) in [6, 6.07) is 18.3. The van der Waals surface area contributed by atoms with Crippen molar-refractivity contribution in [1.29, 1.82) is 0 Å². The quantitative estimate of drug-likeness (QED) is 0.619. The summed E-state index contributed by atoms with van der Waals surface area (Å²) in [5, 5.41) is 13.0. The molecule has 4 heteroatoms. The second-order valence-corrected chi connectivity index (χ2v) is 8.39. The zero-order chi connectivity index (χ0) is 20.4. The fourth-order valence-electron chi connectivity index (χ4n) is 4.76. The van der Waals surface area contributed by atoms with Gasteiger partial charge in [0.05, 0.1) is 12.2 Å². The molecule has 0 spiro atoms. The first-order chi connectivity index (χ1) is 14.0. The lowest BCUT2D eigenvalue weighted by molar-refractivity contribution is -0.0719. The minimum atomic E-state index is -0.918. The largest absolute Gasteiger partial charge is 0.458 e. The highest BCUT2D eigenvalue weighted by atomic mass is 16.5. The number of nitrogens with zero attached hydrogens (tertiary/aromatic N) is 1. The second-order valence-electron chi connectivity index (χ2n) is 8.39. The molecule has 2 aromatic carbocycles. The van der Waals surface area contributed by atoms with Gasteiger partial charge in [0.25, 0.3) is 0 Å². The lowest BCUT2D eigenvalue weighted by Crippen LogP contribution is -2.41. The number of rotatable bonds is 7. The van der Waals surface area contributed by atoms with E-state index in [1.54, 1.807) is 0 Å². The van der Waals surface area contributed by atoms with Crippen LogP contribution in [0.25, 0.3) is 11.0 Å².